The Labute approximate surface area is 134 Å². The third-order valence-electron chi connectivity index (χ3n) is 3.00. The molecule has 2 rings (SSSR count). The molecule has 1 aromatic carbocycles. The van der Waals surface area contributed by atoms with Gasteiger partial charge in [-0.3, -0.25) is 4.79 Å². The van der Waals surface area contributed by atoms with E-state index in [1.54, 1.807) is 23.9 Å². The Bertz CT molecular complexity index is 643. The molecule has 0 aliphatic heterocycles. The number of anilines is 1. The molecule has 0 bridgehead atoms. The number of carbonyl (C=O) groups is 1. The SMILES string of the molecule is Cc1ccc(C)c(S[C@@H](C)C(=O)Nc2ccc(Cl)cn2)c1. The maximum Gasteiger partial charge on any atom is 0.238 e. The summed E-state index contributed by atoms with van der Waals surface area (Å²) in [6, 6.07) is 9.64. The molecule has 1 heterocycles. The van der Waals surface area contributed by atoms with Crippen LogP contribution in [0.3, 0.4) is 0 Å². The highest BCUT2D eigenvalue weighted by molar-refractivity contribution is 8.00. The number of benzene rings is 1. The van der Waals surface area contributed by atoms with E-state index in [1.807, 2.05) is 20.8 Å². The molecule has 0 saturated heterocycles. The predicted octanol–water partition coefficient (Wildman–Crippen LogP) is 4.47. The van der Waals surface area contributed by atoms with Crippen molar-refractivity contribution in [2.75, 3.05) is 5.32 Å². The van der Waals surface area contributed by atoms with Gasteiger partial charge in [-0.05, 0) is 44.5 Å². The predicted molar refractivity (Wildman–Crippen MR) is 89.1 cm³/mol. The van der Waals surface area contributed by atoms with E-state index in [-0.39, 0.29) is 11.2 Å². The third kappa shape index (κ3) is 4.48. The van der Waals surface area contributed by atoms with Gasteiger partial charge in [0.05, 0.1) is 10.3 Å². The Hall–Kier alpha value is -1.52. The minimum absolute atomic E-state index is 0.0734. The van der Waals surface area contributed by atoms with E-state index in [4.69, 9.17) is 11.6 Å². The third-order valence-corrected chi connectivity index (χ3v) is 4.48. The van der Waals surface area contributed by atoms with Crippen LogP contribution in [0.1, 0.15) is 18.1 Å². The van der Waals surface area contributed by atoms with Crippen LogP contribution >= 0.6 is 23.4 Å². The van der Waals surface area contributed by atoms with E-state index in [0.29, 0.717) is 10.8 Å². The van der Waals surface area contributed by atoms with Gasteiger partial charge in [-0.2, -0.15) is 0 Å². The molecule has 0 radical (unpaired) electrons. The Morgan fingerprint density at radius 2 is 2.05 bits per heavy atom. The van der Waals surface area contributed by atoms with Gasteiger partial charge in [-0.1, -0.05) is 29.3 Å². The van der Waals surface area contributed by atoms with E-state index in [0.717, 1.165) is 4.90 Å². The van der Waals surface area contributed by atoms with E-state index >= 15 is 0 Å². The molecule has 0 unspecified atom stereocenters. The number of carbonyl (C=O) groups excluding carboxylic acids is 1. The van der Waals surface area contributed by atoms with Crippen LogP contribution in [0.5, 0.6) is 0 Å². The number of nitrogens with zero attached hydrogens (tertiary/aromatic N) is 1. The second-order valence-corrected chi connectivity index (χ2v) is 6.70. The summed E-state index contributed by atoms with van der Waals surface area (Å²) < 4.78 is 0. The molecular weight excluding hydrogens is 304 g/mol. The maximum absolute atomic E-state index is 12.2. The molecule has 3 nitrogen and oxygen atoms in total. The Balaban J connectivity index is 2.02. The quantitative estimate of drug-likeness (QED) is 0.845. The van der Waals surface area contributed by atoms with Crippen LogP contribution in [0.4, 0.5) is 5.82 Å². The molecule has 21 heavy (non-hydrogen) atoms. The van der Waals surface area contributed by atoms with Crippen LogP contribution < -0.4 is 5.32 Å². The largest absolute Gasteiger partial charge is 0.310 e. The monoisotopic (exact) mass is 320 g/mol. The second kappa shape index (κ2) is 6.96. The zero-order valence-electron chi connectivity index (χ0n) is 12.2. The average molecular weight is 321 g/mol. The first kappa shape index (κ1) is 15.9. The van der Waals surface area contributed by atoms with Crippen molar-refractivity contribution in [2.24, 2.45) is 0 Å². The molecular formula is C16H17ClN2OS. The van der Waals surface area contributed by atoms with Gasteiger partial charge in [0.25, 0.3) is 0 Å². The summed E-state index contributed by atoms with van der Waals surface area (Å²) in [5.74, 6) is 0.438. The lowest BCUT2D eigenvalue weighted by atomic mass is 10.2. The lowest BCUT2D eigenvalue weighted by Gasteiger charge is -2.13. The number of hydrogen-bond donors (Lipinski definition) is 1. The summed E-state index contributed by atoms with van der Waals surface area (Å²) in [5.41, 5.74) is 2.37. The summed E-state index contributed by atoms with van der Waals surface area (Å²) >= 11 is 7.32. The molecule has 110 valence electrons. The Morgan fingerprint density at radius 3 is 2.71 bits per heavy atom. The molecule has 2 aromatic rings. The first-order chi connectivity index (χ1) is 9.95. The van der Waals surface area contributed by atoms with Gasteiger partial charge >= 0.3 is 0 Å². The van der Waals surface area contributed by atoms with E-state index in [9.17, 15) is 4.79 Å². The highest BCUT2D eigenvalue weighted by atomic mass is 35.5. The lowest BCUT2D eigenvalue weighted by molar-refractivity contribution is -0.115. The van der Waals surface area contributed by atoms with Crippen molar-refractivity contribution < 1.29 is 4.79 Å². The number of nitrogens with one attached hydrogen (secondary N) is 1. The minimum Gasteiger partial charge on any atom is -0.310 e. The highest BCUT2D eigenvalue weighted by Crippen LogP contribution is 2.28. The molecule has 0 aliphatic carbocycles. The van der Waals surface area contributed by atoms with Crippen molar-refractivity contribution in [1.29, 1.82) is 0 Å². The van der Waals surface area contributed by atoms with Crippen LogP contribution in [0.2, 0.25) is 5.02 Å². The Kier molecular flexibility index (Phi) is 5.26. The molecule has 0 saturated carbocycles. The van der Waals surface area contributed by atoms with Gasteiger partial charge in [0.15, 0.2) is 0 Å². The fraction of sp³-hybridized carbons (Fsp3) is 0.250. The van der Waals surface area contributed by atoms with E-state index in [1.165, 1.54) is 17.3 Å². The molecule has 1 aromatic heterocycles. The standard InChI is InChI=1S/C16H17ClN2OS/c1-10-4-5-11(2)14(8-10)21-12(3)16(20)19-15-7-6-13(17)9-18-15/h4-9,12H,1-3H3,(H,18,19,20)/t12-/m0/s1. The van der Waals surface area contributed by atoms with Crippen molar-refractivity contribution in [1.82, 2.24) is 4.98 Å². The van der Waals surface area contributed by atoms with E-state index in [2.05, 4.69) is 28.5 Å². The van der Waals surface area contributed by atoms with Crippen LogP contribution in [0.15, 0.2) is 41.4 Å². The molecule has 0 aliphatic rings. The molecule has 0 spiro atoms. The zero-order chi connectivity index (χ0) is 15.4. The van der Waals surface area contributed by atoms with Gasteiger partial charge in [-0.15, -0.1) is 11.8 Å². The number of aryl methyl sites for hydroxylation is 2. The zero-order valence-corrected chi connectivity index (χ0v) is 13.8. The van der Waals surface area contributed by atoms with Crippen molar-refractivity contribution >= 4 is 35.1 Å². The molecule has 0 fully saturated rings. The lowest BCUT2D eigenvalue weighted by Crippen LogP contribution is -2.23. The van der Waals surface area contributed by atoms with Gasteiger partial charge in [0.2, 0.25) is 5.91 Å². The average Bonchev–Trinajstić information content (AvgIpc) is 2.45. The van der Waals surface area contributed by atoms with Gasteiger partial charge < -0.3 is 5.32 Å². The van der Waals surface area contributed by atoms with Crippen LogP contribution in [-0.4, -0.2) is 16.1 Å². The van der Waals surface area contributed by atoms with Crippen LogP contribution in [0, 0.1) is 13.8 Å². The normalized spacial score (nSPS) is 12.0. The van der Waals surface area contributed by atoms with Gasteiger partial charge in [0.1, 0.15) is 5.82 Å². The highest BCUT2D eigenvalue weighted by Gasteiger charge is 2.16. The second-order valence-electron chi connectivity index (χ2n) is 4.88. The van der Waals surface area contributed by atoms with Gasteiger partial charge in [-0.25, -0.2) is 4.98 Å². The topological polar surface area (TPSA) is 42.0 Å². The number of pyridine rings is 1. The van der Waals surface area contributed by atoms with E-state index < -0.39 is 0 Å². The fourth-order valence-electron chi connectivity index (χ4n) is 1.76. The van der Waals surface area contributed by atoms with Gasteiger partial charge in [0, 0.05) is 11.1 Å². The Morgan fingerprint density at radius 1 is 1.29 bits per heavy atom. The smallest absolute Gasteiger partial charge is 0.238 e. The van der Waals surface area contributed by atoms with Crippen molar-refractivity contribution in [3.05, 3.63) is 52.7 Å². The number of amides is 1. The summed E-state index contributed by atoms with van der Waals surface area (Å²) in [6.45, 7) is 5.98. The molecule has 1 N–H and O–H groups in total. The first-order valence-corrected chi connectivity index (χ1v) is 7.88. The first-order valence-electron chi connectivity index (χ1n) is 6.62. The van der Waals surface area contributed by atoms with Crippen molar-refractivity contribution in [3.63, 3.8) is 0 Å². The minimum atomic E-state index is -0.206. The maximum atomic E-state index is 12.2. The number of hydrogen-bond acceptors (Lipinski definition) is 3. The van der Waals surface area contributed by atoms with Crippen molar-refractivity contribution in [2.45, 2.75) is 30.9 Å². The summed E-state index contributed by atoms with van der Waals surface area (Å²) in [7, 11) is 0. The summed E-state index contributed by atoms with van der Waals surface area (Å²) in [6.07, 6.45) is 1.51. The fourth-order valence-corrected chi connectivity index (χ4v) is 2.92. The summed E-state index contributed by atoms with van der Waals surface area (Å²) in [4.78, 5) is 17.4. The number of rotatable bonds is 4. The number of halogens is 1. The van der Waals surface area contributed by atoms with Crippen molar-refractivity contribution in [3.8, 4) is 0 Å². The number of aromatic nitrogens is 1. The van der Waals surface area contributed by atoms with Crippen LogP contribution in [-0.2, 0) is 4.79 Å². The molecule has 1 amide bonds. The number of thioether (sulfide) groups is 1. The molecule has 1 atom stereocenters. The van der Waals surface area contributed by atoms with Crippen LogP contribution in [0.25, 0.3) is 0 Å². The summed E-state index contributed by atoms with van der Waals surface area (Å²) in [5, 5.41) is 3.14. The molecule has 5 heteroatoms.